The van der Waals surface area contributed by atoms with E-state index in [4.69, 9.17) is 4.74 Å². The number of non-ortho nitro benzene ring substituents is 1. The minimum atomic E-state index is -4.17. The molecule has 0 spiro atoms. The number of ketones is 1. The van der Waals surface area contributed by atoms with Crippen LogP contribution in [0, 0.1) is 15.9 Å². The van der Waals surface area contributed by atoms with Crippen LogP contribution in [0.2, 0.25) is 0 Å². The first-order valence-electron chi connectivity index (χ1n) is 7.56. The molecule has 0 N–H and O–H groups in total. The molecule has 0 aliphatic rings. The van der Waals surface area contributed by atoms with E-state index in [9.17, 15) is 32.5 Å². The van der Waals surface area contributed by atoms with Gasteiger partial charge in [-0.05, 0) is 31.2 Å². The number of nitro groups is 1. The van der Waals surface area contributed by atoms with Gasteiger partial charge in [0.2, 0.25) is 0 Å². The first kappa shape index (κ1) is 20.2. The third kappa shape index (κ3) is 4.73. The molecule has 0 unspecified atom stereocenters. The van der Waals surface area contributed by atoms with Crippen molar-refractivity contribution in [2.24, 2.45) is 0 Å². The molecule has 0 saturated heterocycles. The van der Waals surface area contributed by atoms with Crippen LogP contribution in [0.25, 0.3) is 0 Å². The average molecular weight is 395 g/mol. The normalized spacial score (nSPS) is 12.2. The molecular weight excluding hydrogens is 381 g/mol. The number of nitrogens with zero attached hydrogens (tertiary/aromatic N) is 1. The van der Waals surface area contributed by atoms with E-state index in [0.29, 0.717) is 0 Å². The van der Waals surface area contributed by atoms with Crippen LogP contribution in [0.4, 0.5) is 10.1 Å². The van der Waals surface area contributed by atoms with Gasteiger partial charge in [0.1, 0.15) is 5.82 Å². The van der Waals surface area contributed by atoms with Gasteiger partial charge in [-0.15, -0.1) is 0 Å². The Labute approximate surface area is 153 Å². The van der Waals surface area contributed by atoms with Gasteiger partial charge < -0.3 is 4.74 Å². The highest BCUT2D eigenvalue weighted by atomic mass is 32.2. The van der Waals surface area contributed by atoms with Crippen molar-refractivity contribution >= 4 is 27.3 Å². The number of ether oxygens (including phenoxy) is 1. The van der Waals surface area contributed by atoms with Gasteiger partial charge in [0.05, 0.1) is 9.82 Å². The molecular formula is C17H14FNO7S. The maximum Gasteiger partial charge on any atom is 0.324 e. The van der Waals surface area contributed by atoms with Crippen LogP contribution >= 0.6 is 0 Å². The van der Waals surface area contributed by atoms with Crippen molar-refractivity contribution in [3.05, 3.63) is 70.0 Å². The number of Topliss-reactive ketones (excluding diaryl/α,β-unsaturated/α-hetero) is 1. The number of carbonyl (C=O) groups excluding carboxylic acids is 2. The van der Waals surface area contributed by atoms with Crippen LogP contribution in [-0.2, 0) is 19.4 Å². The van der Waals surface area contributed by atoms with Crippen LogP contribution in [0.15, 0.2) is 53.4 Å². The lowest BCUT2D eigenvalue weighted by atomic mass is 10.1. The van der Waals surface area contributed by atoms with E-state index < -0.39 is 44.2 Å². The quantitative estimate of drug-likeness (QED) is 0.305. The summed E-state index contributed by atoms with van der Waals surface area (Å²) < 4.78 is 42.6. The van der Waals surface area contributed by atoms with Gasteiger partial charge in [-0.2, -0.15) is 0 Å². The number of benzene rings is 2. The molecule has 2 aromatic rings. The lowest BCUT2D eigenvalue weighted by Gasteiger charge is -2.12. The zero-order valence-electron chi connectivity index (χ0n) is 14.0. The van der Waals surface area contributed by atoms with E-state index in [0.717, 1.165) is 43.3 Å². The molecule has 0 aromatic heterocycles. The fourth-order valence-electron chi connectivity index (χ4n) is 2.09. The van der Waals surface area contributed by atoms with Crippen LogP contribution in [-0.4, -0.2) is 37.0 Å². The Balaban J connectivity index is 2.06. The summed E-state index contributed by atoms with van der Waals surface area (Å²) >= 11 is 0. The average Bonchev–Trinajstić information content (AvgIpc) is 2.65. The molecule has 8 nitrogen and oxygen atoms in total. The Morgan fingerprint density at radius 2 is 1.81 bits per heavy atom. The Morgan fingerprint density at radius 3 is 2.37 bits per heavy atom. The summed E-state index contributed by atoms with van der Waals surface area (Å²) in [7, 11) is -4.17. The van der Waals surface area contributed by atoms with Crippen LogP contribution in [0.5, 0.6) is 0 Å². The molecule has 0 aliphatic carbocycles. The molecule has 10 heteroatoms. The number of sulfone groups is 1. The molecule has 0 fully saturated rings. The van der Waals surface area contributed by atoms with E-state index in [2.05, 4.69) is 0 Å². The zero-order valence-corrected chi connectivity index (χ0v) is 14.8. The molecule has 0 heterocycles. The van der Waals surface area contributed by atoms with Crippen LogP contribution in [0.3, 0.4) is 0 Å². The third-order valence-corrected chi connectivity index (χ3v) is 5.72. The molecule has 0 aliphatic heterocycles. The summed E-state index contributed by atoms with van der Waals surface area (Å²) in [6.45, 7) is 0.328. The first-order chi connectivity index (χ1) is 12.6. The first-order valence-corrected chi connectivity index (χ1v) is 9.11. The molecule has 1 atom stereocenters. The Bertz CT molecular complexity index is 987. The minimum Gasteiger partial charge on any atom is -0.456 e. The lowest BCUT2D eigenvalue weighted by Crippen LogP contribution is -2.30. The predicted octanol–water partition coefficient (Wildman–Crippen LogP) is 2.32. The fourth-order valence-corrected chi connectivity index (χ4v) is 3.33. The molecule has 2 rings (SSSR count). The highest BCUT2D eigenvalue weighted by molar-refractivity contribution is 7.92. The van der Waals surface area contributed by atoms with Crippen molar-refractivity contribution in [2.75, 3.05) is 6.61 Å². The van der Waals surface area contributed by atoms with E-state index in [-0.39, 0.29) is 16.1 Å². The number of hydrogen-bond donors (Lipinski definition) is 0. The van der Waals surface area contributed by atoms with Gasteiger partial charge in [0.15, 0.2) is 27.5 Å². The largest absolute Gasteiger partial charge is 0.456 e. The molecule has 0 bridgehead atoms. The zero-order chi connectivity index (χ0) is 20.2. The second-order valence-corrected chi connectivity index (χ2v) is 7.75. The van der Waals surface area contributed by atoms with Gasteiger partial charge in [-0.1, -0.05) is 12.1 Å². The highest BCUT2D eigenvalue weighted by Gasteiger charge is 2.32. The number of carbonyl (C=O) groups is 2. The lowest BCUT2D eigenvalue weighted by molar-refractivity contribution is -0.384. The topological polar surface area (TPSA) is 121 Å². The molecule has 27 heavy (non-hydrogen) atoms. The second kappa shape index (κ2) is 8.04. The Morgan fingerprint density at radius 1 is 1.19 bits per heavy atom. The van der Waals surface area contributed by atoms with E-state index in [1.165, 1.54) is 12.1 Å². The molecule has 0 saturated carbocycles. The van der Waals surface area contributed by atoms with Crippen LogP contribution < -0.4 is 0 Å². The smallest absolute Gasteiger partial charge is 0.324 e. The van der Waals surface area contributed by atoms with Crippen molar-refractivity contribution in [1.29, 1.82) is 0 Å². The summed E-state index contributed by atoms with van der Waals surface area (Å²) in [6, 6.07) is 8.76. The Kier molecular flexibility index (Phi) is 6.01. The molecule has 2 aromatic carbocycles. The molecule has 142 valence electrons. The minimum absolute atomic E-state index is 0.0197. The van der Waals surface area contributed by atoms with Crippen molar-refractivity contribution in [1.82, 2.24) is 0 Å². The predicted molar refractivity (Wildman–Crippen MR) is 91.4 cm³/mol. The van der Waals surface area contributed by atoms with Gasteiger partial charge in [-0.25, -0.2) is 12.8 Å². The number of rotatable bonds is 7. The number of hydrogen-bond acceptors (Lipinski definition) is 7. The standard InChI is InChI=1S/C17H14FNO7S/c1-11(27(24,25)15-7-5-14(6-8-15)19(22)23)17(21)26-10-16(20)12-3-2-4-13(18)9-12/h2-9,11H,10H2,1H3/t11-/m0/s1. The number of esters is 1. The third-order valence-electron chi connectivity index (χ3n) is 3.67. The summed E-state index contributed by atoms with van der Waals surface area (Å²) in [5, 5.41) is 8.98. The number of nitro benzene ring substituents is 1. The number of halogens is 1. The van der Waals surface area contributed by atoms with Crippen LogP contribution in [0.1, 0.15) is 17.3 Å². The Hall–Kier alpha value is -3.14. The SMILES string of the molecule is C[C@@H](C(=O)OCC(=O)c1cccc(F)c1)S(=O)(=O)c1ccc([N+](=O)[O-])cc1. The maximum absolute atomic E-state index is 13.1. The summed E-state index contributed by atoms with van der Waals surface area (Å²) in [6.07, 6.45) is 0. The highest BCUT2D eigenvalue weighted by Crippen LogP contribution is 2.20. The van der Waals surface area contributed by atoms with E-state index >= 15 is 0 Å². The van der Waals surface area contributed by atoms with Crippen molar-refractivity contribution in [3.8, 4) is 0 Å². The summed E-state index contributed by atoms with van der Waals surface area (Å²) in [5.41, 5.74) is -0.321. The second-order valence-electron chi connectivity index (χ2n) is 5.48. The van der Waals surface area contributed by atoms with Gasteiger partial charge in [0, 0.05) is 17.7 Å². The van der Waals surface area contributed by atoms with Crippen molar-refractivity contribution in [2.45, 2.75) is 17.1 Å². The van der Waals surface area contributed by atoms with Gasteiger partial charge >= 0.3 is 5.97 Å². The van der Waals surface area contributed by atoms with Gasteiger partial charge in [0.25, 0.3) is 5.69 Å². The van der Waals surface area contributed by atoms with E-state index in [1.807, 2.05) is 0 Å². The maximum atomic E-state index is 13.1. The summed E-state index contributed by atoms with van der Waals surface area (Å²) in [4.78, 5) is 33.5. The molecule has 0 radical (unpaired) electrons. The van der Waals surface area contributed by atoms with Crippen molar-refractivity contribution < 1.29 is 32.1 Å². The molecule has 0 amide bonds. The van der Waals surface area contributed by atoms with Crippen molar-refractivity contribution in [3.63, 3.8) is 0 Å². The summed E-state index contributed by atoms with van der Waals surface area (Å²) in [5.74, 6) is -2.50. The van der Waals surface area contributed by atoms with E-state index in [1.54, 1.807) is 0 Å². The van der Waals surface area contributed by atoms with Gasteiger partial charge in [-0.3, -0.25) is 19.7 Å². The fraction of sp³-hybridized carbons (Fsp3) is 0.176. The monoisotopic (exact) mass is 395 g/mol.